The lowest BCUT2D eigenvalue weighted by Crippen LogP contribution is -2.51. The Kier molecular flexibility index (Phi) is 9.69. The van der Waals surface area contributed by atoms with Crippen LogP contribution in [-0.2, 0) is 11.3 Å². The number of para-hydroxylation sites is 2. The Hall–Kier alpha value is -4.41. The molecule has 1 saturated heterocycles. The van der Waals surface area contributed by atoms with Crippen molar-refractivity contribution in [3.05, 3.63) is 82.5 Å². The summed E-state index contributed by atoms with van der Waals surface area (Å²) < 4.78 is 23.2. The third kappa shape index (κ3) is 6.59. The number of halogens is 1. The number of aromatic nitrogens is 4. The number of amides is 1. The van der Waals surface area contributed by atoms with Crippen molar-refractivity contribution in [1.29, 1.82) is 0 Å². The Labute approximate surface area is 270 Å². The molecule has 0 spiro atoms. The molecular weight excluding hydrogens is 585 g/mol. The minimum Gasteiger partial charge on any atom is -0.425 e. The summed E-state index contributed by atoms with van der Waals surface area (Å²) in [7, 11) is 1.94. The first-order valence-electron chi connectivity index (χ1n) is 16.2. The van der Waals surface area contributed by atoms with Crippen molar-refractivity contribution in [2.24, 2.45) is 5.92 Å². The average molecular weight is 632 g/mol. The first-order chi connectivity index (χ1) is 21.9. The van der Waals surface area contributed by atoms with Crippen LogP contribution in [0.25, 0.3) is 11.0 Å². The minimum absolute atomic E-state index is 0.0987. The van der Waals surface area contributed by atoms with Crippen LogP contribution in [0, 0.1) is 11.7 Å². The fourth-order valence-corrected chi connectivity index (χ4v) is 6.21. The molecule has 0 aliphatic carbocycles. The first-order valence-corrected chi connectivity index (χ1v) is 16.2. The number of carbonyl (C=O) groups is 1. The Bertz CT molecular complexity index is 1710. The summed E-state index contributed by atoms with van der Waals surface area (Å²) in [5.74, 6) is 1.30. The second-order valence-corrected chi connectivity index (χ2v) is 12.9. The molecule has 0 saturated carbocycles. The Morgan fingerprint density at radius 3 is 2.39 bits per heavy atom. The summed E-state index contributed by atoms with van der Waals surface area (Å²) in [6, 6.07) is 16.2. The van der Waals surface area contributed by atoms with E-state index < -0.39 is 17.9 Å². The number of imidazole rings is 1. The van der Waals surface area contributed by atoms with Crippen LogP contribution in [-0.4, -0.2) is 68.4 Å². The average Bonchev–Trinajstić information content (AvgIpc) is 3.39. The van der Waals surface area contributed by atoms with Gasteiger partial charge < -0.3 is 24.0 Å². The van der Waals surface area contributed by atoms with Gasteiger partial charge in [-0.05, 0) is 76.3 Å². The maximum Gasteiger partial charge on any atom is 0.412 e. The lowest BCUT2D eigenvalue weighted by molar-refractivity contribution is 0.00426. The smallest absolute Gasteiger partial charge is 0.412 e. The number of anilines is 2. The van der Waals surface area contributed by atoms with Gasteiger partial charge in [0, 0.05) is 50.5 Å². The van der Waals surface area contributed by atoms with Crippen LogP contribution in [0.2, 0.25) is 0 Å². The quantitative estimate of drug-likeness (QED) is 0.203. The lowest BCUT2D eigenvalue weighted by Gasteiger charge is -2.41. The minimum atomic E-state index is -0.852. The molecule has 1 unspecified atom stereocenters. The molecule has 1 fully saturated rings. The predicted molar refractivity (Wildman–Crippen MR) is 180 cm³/mol. The molecular formula is C35H46FN7O3. The van der Waals surface area contributed by atoms with Gasteiger partial charge in [0.25, 0.3) is 5.56 Å². The number of rotatable bonds is 10. The van der Waals surface area contributed by atoms with E-state index >= 15 is 0 Å². The second kappa shape index (κ2) is 13.5. The molecule has 1 atom stereocenters. The molecule has 3 heterocycles. The van der Waals surface area contributed by atoms with E-state index in [2.05, 4.69) is 34.4 Å². The Morgan fingerprint density at radius 1 is 1.07 bits per heavy atom. The van der Waals surface area contributed by atoms with Crippen molar-refractivity contribution in [3.8, 4) is 0 Å². The third-order valence-corrected chi connectivity index (χ3v) is 9.64. The molecule has 10 nitrogen and oxygen atoms in total. The number of hydrogen-bond donors (Lipinski definition) is 0. The van der Waals surface area contributed by atoms with E-state index in [1.807, 2.05) is 63.1 Å². The number of piperidine rings is 1. The summed E-state index contributed by atoms with van der Waals surface area (Å²) in [5, 5.41) is 0. The van der Waals surface area contributed by atoms with E-state index in [0.717, 1.165) is 48.5 Å². The number of nitrogens with zero attached hydrogens (tertiary/aromatic N) is 7. The zero-order valence-electron chi connectivity index (χ0n) is 28.0. The SMILES string of the molecule is CCN(C(=O)OC(C)n1c(N(C)C2CCN(c3nc4ccccc4n3Cc3ccc(F)cc3)CC2)nccc1=O)C(C)(C)C(C)C. The van der Waals surface area contributed by atoms with Crippen LogP contribution in [0.4, 0.5) is 21.1 Å². The van der Waals surface area contributed by atoms with Gasteiger partial charge in [0.05, 0.1) is 17.6 Å². The lowest BCUT2D eigenvalue weighted by atomic mass is 9.89. The normalized spacial score (nSPS) is 14.9. The van der Waals surface area contributed by atoms with Crippen molar-refractivity contribution in [3.63, 3.8) is 0 Å². The second-order valence-electron chi connectivity index (χ2n) is 12.9. The van der Waals surface area contributed by atoms with Crippen molar-refractivity contribution in [2.45, 2.75) is 78.7 Å². The van der Waals surface area contributed by atoms with Crippen molar-refractivity contribution < 1.29 is 13.9 Å². The number of fused-ring (bicyclic) bond motifs is 1. The fourth-order valence-electron chi connectivity index (χ4n) is 6.21. The van der Waals surface area contributed by atoms with Gasteiger partial charge in [-0.1, -0.05) is 38.1 Å². The largest absolute Gasteiger partial charge is 0.425 e. The van der Waals surface area contributed by atoms with Crippen LogP contribution in [0.1, 0.15) is 66.2 Å². The third-order valence-electron chi connectivity index (χ3n) is 9.64. The summed E-state index contributed by atoms with van der Waals surface area (Å²) in [6.07, 6.45) is 1.80. The van der Waals surface area contributed by atoms with Crippen LogP contribution in [0.3, 0.4) is 0 Å². The Morgan fingerprint density at radius 2 is 1.74 bits per heavy atom. The number of ether oxygens (including phenoxy) is 1. The molecule has 46 heavy (non-hydrogen) atoms. The highest BCUT2D eigenvalue weighted by atomic mass is 19.1. The molecule has 2 aromatic carbocycles. The molecule has 2 aromatic heterocycles. The molecule has 0 bridgehead atoms. The van der Waals surface area contributed by atoms with Gasteiger partial charge in [0.2, 0.25) is 11.9 Å². The van der Waals surface area contributed by atoms with Crippen molar-refractivity contribution in [1.82, 2.24) is 24.0 Å². The highest BCUT2D eigenvalue weighted by Crippen LogP contribution is 2.30. The van der Waals surface area contributed by atoms with E-state index in [-0.39, 0.29) is 23.3 Å². The van der Waals surface area contributed by atoms with E-state index in [9.17, 15) is 14.0 Å². The van der Waals surface area contributed by atoms with Crippen LogP contribution >= 0.6 is 0 Å². The van der Waals surface area contributed by atoms with Crippen LogP contribution in [0.5, 0.6) is 0 Å². The maximum absolute atomic E-state index is 13.6. The molecule has 4 aromatic rings. The van der Waals surface area contributed by atoms with E-state index in [0.29, 0.717) is 19.0 Å². The molecule has 246 valence electrons. The summed E-state index contributed by atoms with van der Waals surface area (Å²) in [5.41, 5.74) is 2.24. The molecule has 11 heteroatoms. The van der Waals surface area contributed by atoms with E-state index in [1.54, 1.807) is 11.8 Å². The maximum atomic E-state index is 13.6. The number of benzene rings is 2. The predicted octanol–water partition coefficient (Wildman–Crippen LogP) is 6.30. The van der Waals surface area contributed by atoms with Gasteiger partial charge in [-0.3, -0.25) is 4.79 Å². The van der Waals surface area contributed by atoms with Gasteiger partial charge in [-0.15, -0.1) is 0 Å². The number of hydrogen-bond acceptors (Lipinski definition) is 7. The molecule has 1 amide bonds. The highest BCUT2D eigenvalue weighted by molar-refractivity contribution is 5.79. The van der Waals surface area contributed by atoms with Crippen molar-refractivity contribution >= 4 is 29.0 Å². The molecule has 0 N–H and O–H groups in total. The fraction of sp³-hybridized carbons (Fsp3) is 0.486. The van der Waals surface area contributed by atoms with Crippen molar-refractivity contribution in [2.75, 3.05) is 36.5 Å². The zero-order chi connectivity index (χ0) is 33.2. The standard InChI is InChI=1S/C35H46FN7O3/c1-8-42(35(5,6)24(2)3)34(45)46-25(4)43-31(44)17-20-37-32(43)39(7)28-18-21-40(22-19-28)33-38-29-11-9-10-12-30(29)41(33)23-26-13-15-27(36)16-14-26/h9-17,20,24-25,28H,8,18-19,21-23H2,1-7H3. The molecule has 1 aliphatic rings. The monoisotopic (exact) mass is 631 g/mol. The van der Waals surface area contributed by atoms with Crippen LogP contribution in [0.15, 0.2) is 65.6 Å². The topological polar surface area (TPSA) is 88.7 Å². The summed E-state index contributed by atoms with van der Waals surface area (Å²) in [6.45, 7) is 14.4. The van der Waals surface area contributed by atoms with E-state index in [4.69, 9.17) is 9.72 Å². The number of carbonyl (C=O) groups excluding carboxylic acids is 1. The summed E-state index contributed by atoms with van der Waals surface area (Å²) in [4.78, 5) is 42.1. The first kappa shape index (κ1) is 33.0. The molecule has 5 rings (SSSR count). The van der Waals surface area contributed by atoms with Gasteiger partial charge >= 0.3 is 6.09 Å². The van der Waals surface area contributed by atoms with Gasteiger partial charge in [0.1, 0.15) is 5.82 Å². The molecule has 0 radical (unpaired) electrons. The van der Waals surface area contributed by atoms with E-state index in [1.165, 1.54) is 29.0 Å². The summed E-state index contributed by atoms with van der Waals surface area (Å²) >= 11 is 0. The van der Waals surface area contributed by atoms with Gasteiger partial charge in [0.15, 0.2) is 6.23 Å². The van der Waals surface area contributed by atoms with Gasteiger partial charge in [-0.2, -0.15) is 0 Å². The zero-order valence-corrected chi connectivity index (χ0v) is 28.0. The Balaban J connectivity index is 1.33. The molecule has 1 aliphatic heterocycles. The highest BCUT2D eigenvalue weighted by Gasteiger charge is 2.35. The van der Waals surface area contributed by atoms with Gasteiger partial charge in [-0.25, -0.2) is 23.7 Å². The van der Waals surface area contributed by atoms with Crippen LogP contribution < -0.4 is 15.4 Å².